The van der Waals surface area contributed by atoms with E-state index in [4.69, 9.17) is 21.1 Å². The molecule has 1 N–H and O–H groups in total. The highest BCUT2D eigenvalue weighted by atomic mass is 35.5. The summed E-state index contributed by atoms with van der Waals surface area (Å²) in [5, 5.41) is 2.57. The molecule has 0 radical (unpaired) electrons. The molecule has 1 heterocycles. The van der Waals surface area contributed by atoms with Crippen molar-refractivity contribution in [1.82, 2.24) is 5.32 Å². The van der Waals surface area contributed by atoms with Gasteiger partial charge in [0.2, 0.25) is 0 Å². The average Bonchev–Trinajstić information content (AvgIpc) is 2.92. The Hall–Kier alpha value is -1.77. The van der Waals surface area contributed by atoms with Crippen LogP contribution in [0.5, 0.6) is 0 Å². The van der Waals surface area contributed by atoms with Crippen LogP contribution in [0.1, 0.15) is 31.1 Å². The number of benzene rings is 1. The summed E-state index contributed by atoms with van der Waals surface area (Å²) in [5.74, 6) is -7.66. The summed E-state index contributed by atoms with van der Waals surface area (Å²) in [6, 6.07) is 3.70. The lowest BCUT2D eigenvalue weighted by Gasteiger charge is -2.30. The van der Waals surface area contributed by atoms with Gasteiger partial charge in [0.05, 0.1) is 13.2 Å². The summed E-state index contributed by atoms with van der Waals surface area (Å²) in [7, 11) is 0. The van der Waals surface area contributed by atoms with Gasteiger partial charge in [-0.2, -0.15) is 8.78 Å². The van der Waals surface area contributed by atoms with Gasteiger partial charge in [-0.1, -0.05) is 11.6 Å². The molecular weight excluding hydrogens is 372 g/mol. The van der Waals surface area contributed by atoms with Crippen molar-refractivity contribution in [3.63, 3.8) is 0 Å². The maximum atomic E-state index is 14.7. The molecule has 1 aromatic carbocycles. The molecule has 1 fully saturated rings. The van der Waals surface area contributed by atoms with Crippen LogP contribution >= 0.6 is 11.6 Å². The van der Waals surface area contributed by atoms with E-state index >= 15 is 0 Å². The summed E-state index contributed by atoms with van der Waals surface area (Å²) in [6.45, 7) is 4.07. The first-order valence-corrected chi connectivity index (χ1v) is 8.38. The Morgan fingerprint density at radius 1 is 1.38 bits per heavy atom. The van der Waals surface area contributed by atoms with Gasteiger partial charge in [0.1, 0.15) is 12.1 Å². The van der Waals surface area contributed by atoms with Gasteiger partial charge in [-0.25, -0.2) is 4.79 Å². The van der Waals surface area contributed by atoms with Crippen LogP contribution in [-0.2, 0) is 19.0 Å². The number of halogens is 3. The molecule has 2 atom stereocenters. The van der Waals surface area contributed by atoms with Crippen molar-refractivity contribution >= 4 is 23.5 Å². The molecule has 6 nitrogen and oxygen atoms in total. The minimum absolute atomic E-state index is 0.109. The smallest absolute Gasteiger partial charge is 0.379 e. The third kappa shape index (κ3) is 4.69. The van der Waals surface area contributed by atoms with Crippen molar-refractivity contribution in [2.24, 2.45) is 0 Å². The predicted octanol–water partition coefficient (Wildman–Crippen LogP) is 2.79. The van der Waals surface area contributed by atoms with Crippen LogP contribution in [-0.4, -0.2) is 48.9 Å². The number of ether oxygens (including phenoxy) is 3. The second kappa shape index (κ2) is 7.85. The predicted molar refractivity (Wildman–Crippen MR) is 89.2 cm³/mol. The molecule has 9 heteroatoms. The fourth-order valence-electron chi connectivity index (χ4n) is 2.48. The molecule has 1 amide bonds. The lowest BCUT2D eigenvalue weighted by Crippen LogP contribution is -2.59. The zero-order valence-corrected chi connectivity index (χ0v) is 15.3. The van der Waals surface area contributed by atoms with Gasteiger partial charge in [0.15, 0.2) is 5.79 Å². The molecule has 0 saturated carbocycles. The molecule has 0 aromatic heterocycles. The number of rotatable bonds is 6. The van der Waals surface area contributed by atoms with Crippen LogP contribution in [0.3, 0.4) is 0 Å². The SMILES string of the molecule is CCOC(=O)C(F)(F)[C@H](NC(=O)c1ccc(Cl)cc1)[C@H]1COC(C)(C)O1. The fourth-order valence-corrected chi connectivity index (χ4v) is 2.60. The van der Waals surface area contributed by atoms with Crippen molar-refractivity contribution in [2.45, 2.75) is 44.6 Å². The highest BCUT2D eigenvalue weighted by Crippen LogP contribution is 2.32. The molecule has 26 heavy (non-hydrogen) atoms. The van der Waals surface area contributed by atoms with E-state index in [9.17, 15) is 18.4 Å². The average molecular weight is 392 g/mol. The molecular formula is C17H20ClF2NO5. The Labute approximate surface area is 154 Å². The van der Waals surface area contributed by atoms with Crippen molar-refractivity contribution in [3.05, 3.63) is 34.9 Å². The fraction of sp³-hybridized carbons (Fsp3) is 0.529. The Kier molecular flexibility index (Phi) is 6.21. The Morgan fingerprint density at radius 3 is 2.50 bits per heavy atom. The molecule has 0 spiro atoms. The topological polar surface area (TPSA) is 73.9 Å². The lowest BCUT2D eigenvalue weighted by molar-refractivity contribution is -0.187. The van der Waals surface area contributed by atoms with E-state index in [-0.39, 0.29) is 18.8 Å². The van der Waals surface area contributed by atoms with Crippen LogP contribution in [0, 0.1) is 0 Å². The van der Waals surface area contributed by atoms with Crippen LogP contribution in [0.2, 0.25) is 5.02 Å². The molecule has 0 unspecified atom stereocenters. The highest BCUT2D eigenvalue weighted by molar-refractivity contribution is 6.30. The quantitative estimate of drug-likeness (QED) is 0.755. The summed E-state index contributed by atoms with van der Waals surface area (Å²) in [6.07, 6.45) is -1.24. The lowest BCUT2D eigenvalue weighted by atomic mass is 10.0. The Balaban J connectivity index is 2.26. The van der Waals surface area contributed by atoms with Crippen molar-refractivity contribution in [2.75, 3.05) is 13.2 Å². The zero-order valence-electron chi connectivity index (χ0n) is 14.6. The largest absolute Gasteiger partial charge is 0.461 e. The van der Waals surface area contributed by atoms with E-state index in [0.717, 1.165) is 0 Å². The van der Waals surface area contributed by atoms with Gasteiger partial charge in [-0.15, -0.1) is 0 Å². The third-order valence-corrected chi connectivity index (χ3v) is 3.99. The maximum Gasteiger partial charge on any atom is 0.379 e. The minimum Gasteiger partial charge on any atom is -0.461 e. The standard InChI is InChI=1S/C17H20ClF2NO5/c1-4-24-15(23)17(19,20)13(12-9-25-16(2,3)26-12)21-14(22)10-5-7-11(18)8-6-10/h5-8,12-13H,4,9H2,1-3H3,(H,21,22)/t12-,13-/m1/s1. The molecule has 1 aromatic rings. The number of alkyl halides is 2. The van der Waals surface area contributed by atoms with Gasteiger partial charge in [-0.3, -0.25) is 4.79 Å². The van der Waals surface area contributed by atoms with E-state index in [1.54, 1.807) is 13.8 Å². The van der Waals surface area contributed by atoms with Gasteiger partial charge in [0, 0.05) is 10.6 Å². The zero-order chi connectivity index (χ0) is 19.5. The van der Waals surface area contributed by atoms with Crippen molar-refractivity contribution < 1.29 is 32.6 Å². The second-order valence-corrected chi connectivity index (χ2v) is 6.61. The maximum absolute atomic E-state index is 14.7. The molecule has 144 valence electrons. The highest BCUT2D eigenvalue weighted by Gasteiger charge is 2.56. The molecule has 1 saturated heterocycles. The molecule has 0 aliphatic carbocycles. The van der Waals surface area contributed by atoms with Crippen molar-refractivity contribution in [3.8, 4) is 0 Å². The normalized spacial score (nSPS) is 20.5. The summed E-state index contributed by atoms with van der Waals surface area (Å²) < 4.78 is 44.5. The number of hydrogen-bond donors (Lipinski definition) is 1. The molecule has 1 aliphatic rings. The first-order chi connectivity index (χ1) is 12.1. The van der Waals surface area contributed by atoms with E-state index in [0.29, 0.717) is 5.02 Å². The van der Waals surface area contributed by atoms with E-state index in [1.165, 1.54) is 31.2 Å². The van der Waals surface area contributed by atoms with Crippen LogP contribution in [0.25, 0.3) is 0 Å². The number of nitrogens with one attached hydrogen (secondary N) is 1. The Bertz CT molecular complexity index is 666. The second-order valence-electron chi connectivity index (χ2n) is 6.17. The Morgan fingerprint density at radius 2 is 2.00 bits per heavy atom. The first kappa shape index (κ1) is 20.5. The van der Waals surface area contributed by atoms with Gasteiger partial charge in [-0.05, 0) is 45.0 Å². The van der Waals surface area contributed by atoms with Gasteiger partial charge < -0.3 is 19.5 Å². The van der Waals surface area contributed by atoms with Gasteiger partial charge in [0.25, 0.3) is 5.91 Å². The number of carbonyl (C=O) groups is 2. The summed E-state index contributed by atoms with van der Waals surface area (Å²) >= 11 is 5.76. The van der Waals surface area contributed by atoms with Crippen LogP contribution in [0.15, 0.2) is 24.3 Å². The van der Waals surface area contributed by atoms with E-state index in [2.05, 4.69) is 10.1 Å². The summed E-state index contributed by atoms with van der Waals surface area (Å²) in [4.78, 5) is 24.1. The van der Waals surface area contributed by atoms with Crippen LogP contribution in [0.4, 0.5) is 8.78 Å². The van der Waals surface area contributed by atoms with Crippen LogP contribution < -0.4 is 5.32 Å². The van der Waals surface area contributed by atoms with E-state index in [1.807, 2.05) is 0 Å². The monoisotopic (exact) mass is 391 g/mol. The number of amides is 1. The molecule has 2 rings (SSSR count). The summed E-state index contributed by atoms with van der Waals surface area (Å²) in [5.41, 5.74) is 0.109. The molecule has 1 aliphatic heterocycles. The third-order valence-electron chi connectivity index (χ3n) is 3.73. The molecule has 0 bridgehead atoms. The minimum atomic E-state index is -4.01. The number of esters is 1. The van der Waals surface area contributed by atoms with Gasteiger partial charge >= 0.3 is 11.9 Å². The van der Waals surface area contributed by atoms with E-state index < -0.39 is 35.7 Å². The number of hydrogen-bond acceptors (Lipinski definition) is 5. The van der Waals surface area contributed by atoms with Crippen molar-refractivity contribution in [1.29, 1.82) is 0 Å². The first-order valence-electron chi connectivity index (χ1n) is 8.00. The number of carbonyl (C=O) groups excluding carboxylic acids is 2.